The molecule has 1 N–H and O–H groups in total. The van der Waals surface area contributed by atoms with Gasteiger partial charge in [-0.2, -0.15) is 0 Å². The molecular formula is C20H30O3. The molecule has 23 heavy (non-hydrogen) atoms. The van der Waals surface area contributed by atoms with Crippen LogP contribution in [0.1, 0.15) is 64.7 Å². The first-order valence-corrected chi connectivity index (χ1v) is 8.54. The van der Waals surface area contributed by atoms with E-state index in [9.17, 15) is 9.59 Å². The molecule has 0 aliphatic rings. The molecule has 0 fully saturated rings. The molecule has 0 aromatic rings. The maximum atomic E-state index is 11.6. The van der Waals surface area contributed by atoms with E-state index in [0.717, 1.165) is 19.3 Å². The van der Waals surface area contributed by atoms with E-state index in [1.807, 2.05) is 18.2 Å². The van der Waals surface area contributed by atoms with Gasteiger partial charge in [-0.05, 0) is 38.2 Å². The van der Waals surface area contributed by atoms with Crippen LogP contribution in [0.2, 0.25) is 0 Å². The van der Waals surface area contributed by atoms with Crippen molar-refractivity contribution < 1.29 is 14.7 Å². The monoisotopic (exact) mass is 318 g/mol. The van der Waals surface area contributed by atoms with Crippen LogP contribution in [0.5, 0.6) is 0 Å². The van der Waals surface area contributed by atoms with Crippen molar-refractivity contribution in [3.63, 3.8) is 0 Å². The molecule has 0 atom stereocenters. The second-order valence-corrected chi connectivity index (χ2v) is 5.42. The molecule has 3 heteroatoms. The number of rotatable bonds is 14. The molecule has 0 aliphatic carbocycles. The van der Waals surface area contributed by atoms with Gasteiger partial charge in [0, 0.05) is 12.8 Å². The second-order valence-electron chi connectivity index (χ2n) is 5.42. The number of unbranched alkanes of at least 4 members (excludes halogenated alkanes) is 4. The molecule has 0 saturated heterocycles. The van der Waals surface area contributed by atoms with Gasteiger partial charge in [0.2, 0.25) is 0 Å². The third-order valence-electron chi connectivity index (χ3n) is 3.19. The lowest BCUT2D eigenvalue weighted by Gasteiger charge is -1.91. The Labute approximate surface area is 140 Å². The SMILES string of the molecule is CCCCC/C=C/C/C=C/CC(=O)/C=C/C=C/CCCC(=O)O. The molecular weight excluding hydrogens is 288 g/mol. The maximum absolute atomic E-state index is 11.6. The Bertz CT molecular complexity index is 428. The lowest BCUT2D eigenvalue weighted by molar-refractivity contribution is -0.137. The summed E-state index contributed by atoms with van der Waals surface area (Å²) < 4.78 is 0. The van der Waals surface area contributed by atoms with Crippen molar-refractivity contribution in [2.45, 2.75) is 64.7 Å². The van der Waals surface area contributed by atoms with Crippen molar-refractivity contribution in [1.82, 2.24) is 0 Å². The van der Waals surface area contributed by atoms with Gasteiger partial charge >= 0.3 is 5.97 Å². The van der Waals surface area contributed by atoms with Crippen LogP contribution in [-0.4, -0.2) is 16.9 Å². The maximum Gasteiger partial charge on any atom is 0.303 e. The summed E-state index contributed by atoms with van der Waals surface area (Å²) in [6.07, 6.45) is 23.0. The predicted octanol–water partition coefficient (Wildman–Crippen LogP) is 5.40. The van der Waals surface area contributed by atoms with Crippen molar-refractivity contribution in [2.75, 3.05) is 0 Å². The first-order valence-electron chi connectivity index (χ1n) is 8.54. The third kappa shape index (κ3) is 18.1. The van der Waals surface area contributed by atoms with E-state index in [1.54, 1.807) is 18.2 Å². The zero-order valence-electron chi connectivity index (χ0n) is 14.2. The normalized spacial score (nSPS) is 12.2. The van der Waals surface area contributed by atoms with Crippen LogP contribution in [0.25, 0.3) is 0 Å². The molecule has 0 unspecified atom stereocenters. The lowest BCUT2D eigenvalue weighted by atomic mass is 10.2. The zero-order valence-corrected chi connectivity index (χ0v) is 14.2. The van der Waals surface area contributed by atoms with Crippen molar-refractivity contribution in [2.24, 2.45) is 0 Å². The number of allylic oxidation sites excluding steroid dienone is 8. The van der Waals surface area contributed by atoms with E-state index >= 15 is 0 Å². The molecule has 3 nitrogen and oxygen atoms in total. The van der Waals surface area contributed by atoms with Gasteiger partial charge in [0.1, 0.15) is 0 Å². The van der Waals surface area contributed by atoms with E-state index in [1.165, 1.54) is 19.3 Å². The Morgan fingerprint density at radius 3 is 2.35 bits per heavy atom. The topological polar surface area (TPSA) is 54.4 Å². The summed E-state index contributed by atoms with van der Waals surface area (Å²) >= 11 is 0. The molecule has 0 aliphatic heterocycles. The van der Waals surface area contributed by atoms with Crippen molar-refractivity contribution in [1.29, 1.82) is 0 Å². The number of carbonyl (C=O) groups is 2. The summed E-state index contributed by atoms with van der Waals surface area (Å²) in [6.45, 7) is 2.20. The van der Waals surface area contributed by atoms with Crippen LogP contribution in [0, 0.1) is 0 Å². The summed E-state index contributed by atoms with van der Waals surface area (Å²) in [5.74, 6) is -0.699. The highest BCUT2D eigenvalue weighted by Gasteiger charge is 1.93. The van der Waals surface area contributed by atoms with Gasteiger partial charge in [0.25, 0.3) is 0 Å². The number of ketones is 1. The highest BCUT2D eigenvalue weighted by atomic mass is 16.4. The Balaban J connectivity index is 3.65. The highest BCUT2D eigenvalue weighted by molar-refractivity contribution is 5.90. The van der Waals surface area contributed by atoms with Crippen LogP contribution >= 0.6 is 0 Å². The molecule has 0 rings (SSSR count). The van der Waals surface area contributed by atoms with E-state index in [4.69, 9.17) is 5.11 Å². The van der Waals surface area contributed by atoms with E-state index in [-0.39, 0.29) is 12.2 Å². The van der Waals surface area contributed by atoms with Gasteiger partial charge in [0.05, 0.1) is 0 Å². The molecule has 0 radical (unpaired) electrons. The van der Waals surface area contributed by atoms with Crippen LogP contribution in [-0.2, 0) is 9.59 Å². The summed E-state index contributed by atoms with van der Waals surface area (Å²) in [6, 6.07) is 0. The van der Waals surface area contributed by atoms with Crippen LogP contribution in [0.4, 0.5) is 0 Å². The minimum atomic E-state index is -0.772. The van der Waals surface area contributed by atoms with Crippen molar-refractivity contribution >= 4 is 11.8 Å². The number of hydrogen-bond acceptors (Lipinski definition) is 2. The van der Waals surface area contributed by atoms with Gasteiger partial charge in [-0.3, -0.25) is 9.59 Å². The van der Waals surface area contributed by atoms with Crippen LogP contribution < -0.4 is 0 Å². The van der Waals surface area contributed by atoms with E-state index in [2.05, 4.69) is 19.1 Å². The third-order valence-corrected chi connectivity index (χ3v) is 3.19. The molecule has 0 bridgehead atoms. The number of aliphatic carboxylic acids is 1. The Morgan fingerprint density at radius 1 is 0.870 bits per heavy atom. The summed E-state index contributed by atoms with van der Waals surface area (Å²) in [5.41, 5.74) is 0. The van der Waals surface area contributed by atoms with Gasteiger partial charge < -0.3 is 5.11 Å². The fourth-order valence-electron chi connectivity index (χ4n) is 1.88. The van der Waals surface area contributed by atoms with Gasteiger partial charge in [-0.1, -0.05) is 62.3 Å². The minimum absolute atomic E-state index is 0.0726. The molecule has 0 aromatic heterocycles. The van der Waals surface area contributed by atoms with Crippen molar-refractivity contribution in [3.8, 4) is 0 Å². The number of hydrogen-bond donors (Lipinski definition) is 1. The number of carbonyl (C=O) groups excluding carboxylic acids is 1. The standard InChI is InChI=1S/C20H30O3/c1-2-3-4-5-6-7-8-10-13-16-19(21)17-14-11-9-12-15-18-20(22)23/h6-7,9-11,13-14,17H,2-5,8,12,15-16,18H2,1H3,(H,22,23)/b7-6+,11-9+,13-10+,17-14+. The van der Waals surface area contributed by atoms with Gasteiger partial charge in [0.15, 0.2) is 5.78 Å². The van der Waals surface area contributed by atoms with Gasteiger partial charge in [-0.15, -0.1) is 0 Å². The summed E-state index contributed by atoms with van der Waals surface area (Å²) in [5, 5.41) is 8.48. The Morgan fingerprint density at radius 2 is 1.61 bits per heavy atom. The number of carboxylic acids is 1. The first kappa shape index (κ1) is 21.1. The van der Waals surface area contributed by atoms with E-state index in [0.29, 0.717) is 12.8 Å². The molecule has 0 spiro atoms. The zero-order chi connectivity index (χ0) is 17.2. The summed E-state index contributed by atoms with van der Waals surface area (Å²) in [4.78, 5) is 21.9. The fraction of sp³-hybridized carbons (Fsp3) is 0.500. The van der Waals surface area contributed by atoms with E-state index < -0.39 is 5.97 Å². The van der Waals surface area contributed by atoms with Crippen LogP contribution in [0.3, 0.4) is 0 Å². The second kappa shape index (κ2) is 16.5. The summed E-state index contributed by atoms with van der Waals surface area (Å²) in [7, 11) is 0. The smallest absolute Gasteiger partial charge is 0.303 e. The lowest BCUT2D eigenvalue weighted by Crippen LogP contribution is -1.92. The quantitative estimate of drug-likeness (QED) is 0.202. The van der Waals surface area contributed by atoms with Crippen molar-refractivity contribution in [3.05, 3.63) is 48.6 Å². The fourth-order valence-corrected chi connectivity index (χ4v) is 1.88. The molecule has 0 aromatic carbocycles. The Kier molecular flexibility index (Phi) is 15.1. The molecule has 0 saturated carbocycles. The average Bonchev–Trinajstić information content (AvgIpc) is 2.52. The Hall–Kier alpha value is -1.90. The average molecular weight is 318 g/mol. The molecule has 0 amide bonds. The molecule has 0 heterocycles. The highest BCUT2D eigenvalue weighted by Crippen LogP contribution is 2.01. The van der Waals surface area contributed by atoms with Crippen LogP contribution in [0.15, 0.2) is 48.6 Å². The molecule has 128 valence electrons. The number of carboxylic acid groups (broad SMARTS) is 1. The largest absolute Gasteiger partial charge is 0.481 e. The predicted molar refractivity (Wildman–Crippen MR) is 96.4 cm³/mol. The minimum Gasteiger partial charge on any atom is -0.481 e. The first-order chi connectivity index (χ1) is 11.2. The van der Waals surface area contributed by atoms with Gasteiger partial charge in [-0.25, -0.2) is 0 Å².